The van der Waals surface area contributed by atoms with Crippen molar-refractivity contribution in [2.24, 2.45) is 0 Å². The fourth-order valence-electron chi connectivity index (χ4n) is 0.795. The van der Waals surface area contributed by atoms with Gasteiger partial charge in [-0.3, -0.25) is 0 Å². The summed E-state index contributed by atoms with van der Waals surface area (Å²) in [6.45, 7) is 0. The molecule has 0 fully saturated rings. The van der Waals surface area contributed by atoms with Gasteiger partial charge in [0.15, 0.2) is 6.10 Å². The van der Waals surface area contributed by atoms with E-state index in [0.717, 1.165) is 0 Å². The first kappa shape index (κ1) is 10.2. The summed E-state index contributed by atoms with van der Waals surface area (Å²) >= 11 is 3.03. The van der Waals surface area contributed by atoms with Gasteiger partial charge >= 0.3 is 5.97 Å². The van der Waals surface area contributed by atoms with Crippen molar-refractivity contribution in [1.82, 2.24) is 0 Å². The van der Waals surface area contributed by atoms with Gasteiger partial charge in [-0.15, -0.1) is 0 Å². The van der Waals surface area contributed by atoms with E-state index in [2.05, 4.69) is 15.9 Å². The number of halogens is 1. The number of hydrogen-bond acceptors (Lipinski definition) is 4. The van der Waals surface area contributed by atoms with E-state index in [1.165, 1.54) is 12.3 Å². The Bertz CT molecular complexity index is 308. The van der Waals surface area contributed by atoms with Crippen LogP contribution in [0.1, 0.15) is 11.9 Å². The Kier molecular flexibility index (Phi) is 3.07. The standard InChI is InChI=1S/C7H7BrO5/c8-3-1-2-13-6(3)4(9)5(10)7(11)12/h1-2,4-5,9-10H,(H,11,12). The van der Waals surface area contributed by atoms with Gasteiger partial charge in [-0.05, 0) is 22.0 Å². The molecule has 0 amide bonds. The molecule has 6 heteroatoms. The number of rotatable bonds is 3. The van der Waals surface area contributed by atoms with Crippen molar-refractivity contribution in [3.05, 3.63) is 22.6 Å². The lowest BCUT2D eigenvalue weighted by atomic mass is 10.1. The number of hydrogen-bond donors (Lipinski definition) is 3. The van der Waals surface area contributed by atoms with E-state index in [1.807, 2.05) is 0 Å². The largest absolute Gasteiger partial charge is 0.479 e. The highest BCUT2D eigenvalue weighted by atomic mass is 79.9. The third-order valence-corrected chi connectivity index (χ3v) is 2.12. The second-order valence-electron chi connectivity index (χ2n) is 2.36. The molecule has 5 nitrogen and oxygen atoms in total. The molecular weight excluding hydrogens is 244 g/mol. The van der Waals surface area contributed by atoms with Crippen LogP contribution in [-0.2, 0) is 4.79 Å². The van der Waals surface area contributed by atoms with Crippen molar-refractivity contribution >= 4 is 21.9 Å². The second kappa shape index (κ2) is 3.91. The summed E-state index contributed by atoms with van der Waals surface area (Å²) in [5, 5.41) is 26.6. The number of carboxylic acid groups (broad SMARTS) is 1. The molecular formula is C7H7BrO5. The molecule has 1 heterocycles. The van der Waals surface area contributed by atoms with Crippen LogP contribution in [0.2, 0.25) is 0 Å². The monoisotopic (exact) mass is 250 g/mol. The maximum atomic E-state index is 10.3. The molecule has 2 atom stereocenters. The fourth-order valence-corrected chi connectivity index (χ4v) is 1.23. The first-order chi connectivity index (χ1) is 6.04. The molecule has 0 aromatic carbocycles. The zero-order chi connectivity index (χ0) is 10.0. The molecule has 1 aromatic rings. The first-order valence-electron chi connectivity index (χ1n) is 3.36. The average molecular weight is 251 g/mol. The summed E-state index contributed by atoms with van der Waals surface area (Å²) in [6.07, 6.45) is -2.18. The third-order valence-electron chi connectivity index (χ3n) is 1.47. The highest BCUT2D eigenvalue weighted by Crippen LogP contribution is 2.26. The van der Waals surface area contributed by atoms with Gasteiger partial charge in [0.2, 0.25) is 0 Å². The minimum atomic E-state index is -1.89. The molecule has 3 N–H and O–H groups in total. The average Bonchev–Trinajstić information content (AvgIpc) is 2.48. The Morgan fingerprint density at radius 3 is 2.54 bits per heavy atom. The smallest absolute Gasteiger partial charge is 0.335 e. The van der Waals surface area contributed by atoms with Gasteiger partial charge in [-0.2, -0.15) is 0 Å². The van der Waals surface area contributed by atoms with Gasteiger partial charge in [0.25, 0.3) is 0 Å². The molecule has 1 rings (SSSR count). The molecule has 0 bridgehead atoms. The lowest BCUT2D eigenvalue weighted by molar-refractivity contribution is -0.153. The maximum absolute atomic E-state index is 10.3. The first-order valence-corrected chi connectivity index (χ1v) is 4.15. The Morgan fingerprint density at radius 2 is 2.15 bits per heavy atom. The summed E-state index contributed by atoms with van der Waals surface area (Å²) in [6, 6.07) is 1.49. The topological polar surface area (TPSA) is 90.9 Å². The van der Waals surface area contributed by atoms with Crippen LogP contribution in [0.25, 0.3) is 0 Å². The molecule has 1 aromatic heterocycles. The Morgan fingerprint density at radius 1 is 1.54 bits per heavy atom. The van der Waals surface area contributed by atoms with Crippen molar-refractivity contribution in [3.8, 4) is 0 Å². The lowest BCUT2D eigenvalue weighted by Gasteiger charge is -2.11. The molecule has 0 spiro atoms. The minimum Gasteiger partial charge on any atom is -0.479 e. The fraction of sp³-hybridized carbons (Fsp3) is 0.286. The highest BCUT2D eigenvalue weighted by Gasteiger charge is 2.28. The predicted molar refractivity (Wildman–Crippen MR) is 45.0 cm³/mol. The quantitative estimate of drug-likeness (QED) is 0.728. The number of aliphatic hydroxyl groups excluding tert-OH is 2. The van der Waals surface area contributed by atoms with Crippen molar-refractivity contribution in [2.45, 2.75) is 12.2 Å². The lowest BCUT2D eigenvalue weighted by Crippen LogP contribution is -2.27. The van der Waals surface area contributed by atoms with Crippen LogP contribution in [0, 0.1) is 0 Å². The number of carbonyl (C=O) groups is 1. The van der Waals surface area contributed by atoms with Gasteiger partial charge in [0.05, 0.1) is 10.7 Å². The van der Waals surface area contributed by atoms with Gasteiger partial charge in [0, 0.05) is 0 Å². The van der Waals surface area contributed by atoms with Crippen LogP contribution >= 0.6 is 15.9 Å². The van der Waals surface area contributed by atoms with E-state index < -0.39 is 18.2 Å². The molecule has 0 radical (unpaired) electrons. The van der Waals surface area contributed by atoms with Gasteiger partial charge in [-0.1, -0.05) is 0 Å². The van der Waals surface area contributed by atoms with Crippen LogP contribution in [0.3, 0.4) is 0 Å². The Labute approximate surface area is 81.7 Å². The number of aliphatic carboxylic acids is 1. The van der Waals surface area contributed by atoms with E-state index in [1.54, 1.807) is 0 Å². The number of aliphatic hydroxyl groups is 2. The molecule has 13 heavy (non-hydrogen) atoms. The summed E-state index contributed by atoms with van der Waals surface area (Å²) in [5.74, 6) is -1.51. The van der Waals surface area contributed by atoms with Gasteiger partial charge in [0.1, 0.15) is 11.9 Å². The van der Waals surface area contributed by atoms with E-state index in [-0.39, 0.29) is 5.76 Å². The van der Waals surface area contributed by atoms with Crippen LogP contribution in [0.5, 0.6) is 0 Å². The molecule has 0 saturated carbocycles. The zero-order valence-corrected chi connectivity index (χ0v) is 7.93. The van der Waals surface area contributed by atoms with Gasteiger partial charge in [-0.25, -0.2) is 4.79 Å². The van der Waals surface area contributed by atoms with Crippen molar-refractivity contribution in [3.63, 3.8) is 0 Å². The zero-order valence-electron chi connectivity index (χ0n) is 6.35. The SMILES string of the molecule is O=C(O)C(O)C(O)c1occc1Br. The minimum absolute atomic E-state index is 0.00472. The van der Waals surface area contributed by atoms with E-state index in [4.69, 9.17) is 14.6 Å². The highest BCUT2D eigenvalue weighted by molar-refractivity contribution is 9.10. The second-order valence-corrected chi connectivity index (χ2v) is 3.22. The normalized spacial score (nSPS) is 15.3. The molecule has 0 aliphatic rings. The third kappa shape index (κ3) is 2.09. The molecule has 0 aliphatic heterocycles. The van der Waals surface area contributed by atoms with Crippen LogP contribution in [-0.4, -0.2) is 27.4 Å². The molecule has 2 unspecified atom stereocenters. The van der Waals surface area contributed by atoms with Crippen molar-refractivity contribution < 1.29 is 24.5 Å². The van der Waals surface area contributed by atoms with Crippen LogP contribution < -0.4 is 0 Å². The summed E-state index contributed by atoms with van der Waals surface area (Å²) in [5.41, 5.74) is 0. The molecule has 72 valence electrons. The molecule has 0 saturated heterocycles. The van der Waals surface area contributed by atoms with Gasteiger partial charge < -0.3 is 19.7 Å². The summed E-state index contributed by atoms with van der Waals surface area (Å²) in [4.78, 5) is 10.3. The number of furan rings is 1. The van der Waals surface area contributed by atoms with Crippen molar-refractivity contribution in [1.29, 1.82) is 0 Å². The van der Waals surface area contributed by atoms with E-state index in [9.17, 15) is 9.90 Å². The van der Waals surface area contributed by atoms with Crippen LogP contribution in [0.15, 0.2) is 21.2 Å². The van der Waals surface area contributed by atoms with E-state index in [0.29, 0.717) is 4.47 Å². The number of carboxylic acids is 1. The van der Waals surface area contributed by atoms with Crippen LogP contribution in [0.4, 0.5) is 0 Å². The van der Waals surface area contributed by atoms with E-state index >= 15 is 0 Å². The predicted octanol–water partition coefficient (Wildman–Crippen LogP) is 0.521. The Hall–Kier alpha value is -0.850. The molecule has 0 aliphatic carbocycles. The summed E-state index contributed by atoms with van der Waals surface area (Å²) in [7, 11) is 0. The van der Waals surface area contributed by atoms with Crippen molar-refractivity contribution in [2.75, 3.05) is 0 Å². The maximum Gasteiger partial charge on any atom is 0.335 e. The summed E-state index contributed by atoms with van der Waals surface area (Å²) < 4.78 is 5.19. The Balaban J connectivity index is 2.85.